The Hall–Kier alpha value is -1.88. The fourth-order valence-corrected chi connectivity index (χ4v) is 2.59. The molecular formula is C16H24N4O. The fraction of sp³-hybridized carbons (Fsp3) is 0.500. The molecule has 1 heterocycles. The van der Waals surface area contributed by atoms with Crippen LogP contribution in [-0.2, 0) is 7.05 Å². The van der Waals surface area contributed by atoms with E-state index in [9.17, 15) is 4.79 Å². The van der Waals surface area contributed by atoms with Gasteiger partial charge in [-0.3, -0.25) is 9.48 Å². The number of rotatable bonds is 6. The Kier molecular flexibility index (Phi) is 4.63. The molecule has 1 aromatic heterocycles. The van der Waals surface area contributed by atoms with E-state index in [2.05, 4.69) is 24.3 Å². The second-order valence-corrected chi connectivity index (χ2v) is 5.58. The SMILES string of the molecule is CCC(CC)(CN)CNC(=O)c1nn(C)c2ccccc12. The van der Waals surface area contributed by atoms with Gasteiger partial charge < -0.3 is 11.1 Å². The molecule has 0 atom stereocenters. The maximum absolute atomic E-state index is 12.4. The molecule has 1 aromatic carbocycles. The van der Waals surface area contributed by atoms with Crippen LogP contribution >= 0.6 is 0 Å². The van der Waals surface area contributed by atoms with E-state index in [-0.39, 0.29) is 11.3 Å². The summed E-state index contributed by atoms with van der Waals surface area (Å²) in [5.41, 5.74) is 7.28. The Morgan fingerprint density at radius 2 is 2.00 bits per heavy atom. The number of nitrogens with one attached hydrogen (secondary N) is 1. The molecule has 21 heavy (non-hydrogen) atoms. The van der Waals surface area contributed by atoms with Crippen LogP contribution in [0.5, 0.6) is 0 Å². The van der Waals surface area contributed by atoms with Gasteiger partial charge in [0.1, 0.15) is 0 Å². The molecule has 0 saturated carbocycles. The molecule has 0 unspecified atom stereocenters. The number of carbonyl (C=O) groups excluding carboxylic acids is 1. The largest absolute Gasteiger partial charge is 0.350 e. The molecule has 1 amide bonds. The zero-order chi connectivity index (χ0) is 15.5. The Morgan fingerprint density at radius 1 is 1.33 bits per heavy atom. The van der Waals surface area contributed by atoms with Gasteiger partial charge in [0, 0.05) is 19.0 Å². The number of amides is 1. The van der Waals surface area contributed by atoms with Crippen molar-refractivity contribution in [3.63, 3.8) is 0 Å². The van der Waals surface area contributed by atoms with Crippen LogP contribution in [0, 0.1) is 5.41 Å². The van der Waals surface area contributed by atoms with E-state index in [1.807, 2.05) is 31.3 Å². The van der Waals surface area contributed by atoms with Crippen molar-refractivity contribution < 1.29 is 4.79 Å². The number of nitrogens with two attached hydrogens (primary N) is 1. The first-order valence-corrected chi connectivity index (χ1v) is 7.47. The molecule has 114 valence electrons. The second-order valence-electron chi connectivity index (χ2n) is 5.58. The zero-order valence-corrected chi connectivity index (χ0v) is 13.0. The van der Waals surface area contributed by atoms with Crippen LogP contribution < -0.4 is 11.1 Å². The van der Waals surface area contributed by atoms with Crippen LogP contribution in [-0.4, -0.2) is 28.8 Å². The number of carbonyl (C=O) groups is 1. The summed E-state index contributed by atoms with van der Waals surface area (Å²) in [6.45, 7) is 5.38. The minimum atomic E-state index is -0.133. The lowest BCUT2D eigenvalue weighted by Crippen LogP contribution is -2.42. The first-order valence-electron chi connectivity index (χ1n) is 7.47. The molecule has 5 nitrogen and oxygen atoms in total. The number of benzene rings is 1. The van der Waals surface area contributed by atoms with E-state index in [4.69, 9.17) is 5.73 Å². The molecule has 2 aromatic rings. The number of hydrogen-bond donors (Lipinski definition) is 2. The summed E-state index contributed by atoms with van der Waals surface area (Å²) in [5, 5.41) is 8.22. The summed E-state index contributed by atoms with van der Waals surface area (Å²) in [4.78, 5) is 12.4. The molecule has 0 radical (unpaired) electrons. The number of fused-ring (bicyclic) bond motifs is 1. The molecule has 0 bridgehead atoms. The third-order valence-electron chi connectivity index (χ3n) is 4.53. The number of aromatic nitrogens is 2. The van der Waals surface area contributed by atoms with Crippen molar-refractivity contribution in [2.45, 2.75) is 26.7 Å². The number of para-hydroxylation sites is 1. The van der Waals surface area contributed by atoms with Gasteiger partial charge in [-0.05, 0) is 30.9 Å². The lowest BCUT2D eigenvalue weighted by Gasteiger charge is -2.30. The molecule has 0 fully saturated rings. The molecule has 0 aliphatic heterocycles. The highest BCUT2D eigenvalue weighted by molar-refractivity contribution is 6.04. The van der Waals surface area contributed by atoms with E-state index in [1.54, 1.807) is 4.68 Å². The van der Waals surface area contributed by atoms with E-state index >= 15 is 0 Å². The van der Waals surface area contributed by atoms with Crippen molar-refractivity contribution in [3.05, 3.63) is 30.0 Å². The van der Waals surface area contributed by atoms with Crippen LogP contribution in [0.2, 0.25) is 0 Å². The number of aryl methyl sites for hydroxylation is 1. The van der Waals surface area contributed by atoms with Gasteiger partial charge in [0.25, 0.3) is 5.91 Å². The predicted octanol–water partition coefficient (Wildman–Crippen LogP) is 2.07. The molecule has 5 heteroatoms. The van der Waals surface area contributed by atoms with Crippen LogP contribution in [0.4, 0.5) is 0 Å². The minimum Gasteiger partial charge on any atom is -0.350 e. The van der Waals surface area contributed by atoms with Crippen molar-refractivity contribution in [1.29, 1.82) is 0 Å². The number of hydrogen-bond acceptors (Lipinski definition) is 3. The predicted molar refractivity (Wildman–Crippen MR) is 85.1 cm³/mol. The average Bonchev–Trinajstić information content (AvgIpc) is 2.87. The quantitative estimate of drug-likeness (QED) is 0.854. The van der Waals surface area contributed by atoms with Gasteiger partial charge in [-0.2, -0.15) is 5.10 Å². The van der Waals surface area contributed by atoms with Gasteiger partial charge in [-0.25, -0.2) is 0 Å². The van der Waals surface area contributed by atoms with Crippen molar-refractivity contribution in [3.8, 4) is 0 Å². The smallest absolute Gasteiger partial charge is 0.272 e. The molecule has 0 saturated heterocycles. The Bertz CT molecular complexity index is 620. The topological polar surface area (TPSA) is 72.9 Å². The molecule has 0 aliphatic rings. The third kappa shape index (κ3) is 2.93. The molecule has 3 N–H and O–H groups in total. The van der Waals surface area contributed by atoms with E-state index in [0.29, 0.717) is 18.8 Å². The highest BCUT2D eigenvalue weighted by Crippen LogP contribution is 2.24. The van der Waals surface area contributed by atoms with Gasteiger partial charge >= 0.3 is 0 Å². The van der Waals surface area contributed by atoms with Crippen LogP contribution in [0.3, 0.4) is 0 Å². The van der Waals surface area contributed by atoms with Crippen LogP contribution in [0.1, 0.15) is 37.2 Å². The minimum absolute atomic E-state index is 0.0275. The zero-order valence-electron chi connectivity index (χ0n) is 13.0. The van der Waals surface area contributed by atoms with Crippen molar-refractivity contribution >= 4 is 16.8 Å². The Balaban J connectivity index is 2.20. The van der Waals surface area contributed by atoms with E-state index in [1.165, 1.54) is 0 Å². The monoisotopic (exact) mass is 288 g/mol. The Morgan fingerprint density at radius 3 is 2.62 bits per heavy atom. The Labute approximate surface area is 125 Å². The first kappa shape index (κ1) is 15.5. The second kappa shape index (κ2) is 6.26. The summed E-state index contributed by atoms with van der Waals surface area (Å²) in [5.74, 6) is -0.133. The first-order chi connectivity index (χ1) is 10.1. The van der Waals surface area contributed by atoms with E-state index in [0.717, 1.165) is 23.7 Å². The van der Waals surface area contributed by atoms with Crippen molar-refractivity contribution in [1.82, 2.24) is 15.1 Å². The van der Waals surface area contributed by atoms with Gasteiger partial charge in [0.05, 0.1) is 5.52 Å². The summed E-state index contributed by atoms with van der Waals surface area (Å²) in [6.07, 6.45) is 1.90. The highest BCUT2D eigenvalue weighted by Gasteiger charge is 2.26. The molecule has 0 spiro atoms. The lowest BCUT2D eigenvalue weighted by molar-refractivity contribution is 0.0924. The lowest BCUT2D eigenvalue weighted by atomic mass is 9.82. The summed E-state index contributed by atoms with van der Waals surface area (Å²) < 4.78 is 1.74. The summed E-state index contributed by atoms with van der Waals surface area (Å²) in [6, 6.07) is 7.75. The summed E-state index contributed by atoms with van der Waals surface area (Å²) in [7, 11) is 1.85. The molecular weight excluding hydrogens is 264 g/mol. The fourth-order valence-electron chi connectivity index (χ4n) is 2.59. The van der Waals surface area contributed by atoms with Gasteiger partial charge in [0.2, 0.25) is 0 Å². The van der Waals surface area contributed by atoms with Crippen LogP contribution in [0.15, 0.2) is 24.3 Å². The average molecular weight is 288 g/mol. The van der Waals surface area contributed by atoms with Crippen LogP contribution in [0.25, 0.3) is 10.9 Å². The highest BCUT2D eigenvalue weighted by atomic mass is 16.1. The maximum atomic E-state index is 12.4. The molecule has 2 rings (SSSR count). The van der Waals surface area contributed by atoms with E-state index < -0.39 is 0 Å². The third-order valence-corrected chi connectivity index (χ3v) is 4.53. The summed E-state index contributed by atoms with van der Waals surface area (Å²) >= 11 is 0. The van der Waals surface area contributed by atoms with Gasteiger partial charge in [-0.1, -0.05) is 32.0 Å². The van der Waals surface area contributed by atoms with Crippen molar-refractivity contribution in [2.75, 3.05) is 13.1 Å². The maximum Gasteiger partial charge on any atom is 0.272 e. The number of nitrogens with zero attached hydrogens (tertiary/aromatic N) is 2. The van der Waals surface area contributed by atoms with Gasteiger partial charge in [-0.15, -0.1) is 0 Å². The standard InChI is InChI=1S/C16H24N4O/c1-4-16(5-2,10-17)11-18-15(21)14-12-8-6-7-9-13(12)20(3)19-14/h6-9H,4-5,10-11,17H2,1-3H3,(H,18,21). The van der Waals surface area contributed by atoms with Gasteiger partial charge in [0.15, 0.2) is 5.69 Å². The normalized spacial score (nSPS) is 11.8. The molecule has 0 aliphatic carbocycles. The van der Waals surface area contributed by atoms with Crippen molar-refractivity contribution in [2.24, 2.45) is 18.2 Å².